The van der Waals surface area contributed by atoms with E-state index in [1.54, 1.807) is 13.4 Å². The van der Waals surface area contributed by atoms with Crippen LogP contribution in [-0.4, -0.2) is 71.8 Å². The molecule has 29 heavy (non-hydrogen) atoms. The summed E-state index contributed by atoms with van der Waals surface area (Å²) >= 11 is 0. The second kappa shape index (κ2) is 7.21. The fraction of sp³-hybridized carbons (Fsp3) is 0.700. The Kier molecular flexibility index (Phi) is 4.79. The number of aromatic nitrogens is 3. The van der Waals surface area contributed by atoms with Crippen LogP contribution in [0.4, 0.5) is 5.82 Å². The summed E-state index contributed by atoms with van der Waals surface area (Å²) in [6, 6.07) is 2.57. The third-order valence-corrected chi connectivity index (χ3v) is 9.28. The Labute approximate surface area is 171 Å². The minimum atomic E-state index is -3.22. The van der Waals surface area contributed by atoms with Gasteiger partial charge in [-0.3, -0.25) is 0 Å². The molecule has 2 bridgehead atoms. The summed E-state index contributed by atoms with van der Waals surface area (Å²) in [5.74, 6) is 1.39. The van der Waals surface area contributed by atoms with Crippen molar-refractivity contribution in [3.8, 4) is 0 Å². The van der Waals surface area contributed by atoms with Gasteiger partial charge in [0.25, 0.3) is 0 Å². The first-order valence-electron chi connectivity index (χ1n) is 10.5. The lowest BCUT2D eigenvalue weighted by molar-refractivity contribution is 0.0347. The molecule has 5 rings (SSSR count). The normalized spacial score (nSPS) is 32.4. The van der Waals surface area contributed by atoms with Gasteiger partial charge >= 0.3 is 0 Å². The third-order valence-electron chi connectivity index (χ3n) is 7.15. The quantitative estimate of drug-likeness (QED) is 0.771. The molecule has 2 aliphatic heterocycles. The molecule has 1 aliphatic carbocycles. The van der Waals surface area contributed by atoms with Crippen LogP contribution >= 0.6 is 0 Å². The van der Waals surface area contributed by atoms with E-state index in [1.807, 2.05) is 23.6 Å². The number of nitrogens with zero attached hydrogens (tertiary/aromatic N) is 4. The van der Waals surface area contributed by atoms with Gasteiger partial charge in [-0.25, -0.2) is 18.4 Å². The zero-order valence-electron chi connectivity index (χ0n) is 17.0. The van der Waals surface area contributed by atoms with Gasteiger partial charge in [0.2, 0.25) is 10.0 Å². The molecule has 3 aliphatic rings. The highest BCUT2D eigenvalue weighted by Crippen LogP contribution is 2.41. The van der Waals surface area contributed by atoms with Crippen molar-refractivity contribution in [3.63, 3.8) is 0 Å². The van der Waals surface area contributed by atoms with Crippen LogP contribution in [0.1, 0.15) is 38.5 Å². The fourth-order valence-electron chi connectivity index (χ4n) is 5.58. The van der Waals surface area contributed by atoms with Gasteiger partial charge in [0.15, 0.2) is 0 Å². The molecule has 4 heterocycles. The van der Waals surface area contributed by atoms with E-state index in [0.717, 1.165) is 55.4 Å². The largest absolute Gasteiger partial charge is 0.381 e. The van der Waals surface area contributed by atoms with Crippen LogP contribution in [0.5, 0.6) is 0 Å². The number of nitrogens with one attached hydrogen (secondary N) is 1. The van der Waals surface area contributed by atoms with E-state index in [-0.39, 0.29) is 29.9 Å². The highest BCUT2D eigenvalue weighted by molar-refractivity contribution is 7.89. The molecule has 9 heteroatoms. The lowest BCUT2D eigenvalue weighted by Gasteiger charge is -2.43. The van der Waals surface area contributed by atoms with E-state index < -0.39 is 10.0 Å². The summed E-state index contributed by atoms with van der Waals surface area (Å²) in [6.45, 7) is 0. The zero-order valence-corrected chi connectivity index (χ0v) is 17.8. The molecule has 2 saturated heterocycles. The van der Waals surface area contributed by atoms with E-state index in [0.29, 0.717) is 6.04 Å². The first-order chi connectivity index (χ1) is 14.0. The standard InChI is InChI=1S/C20H29N5O3S/c1-24(20-18-5-6-21-19(18)22-12-23-20)16-7-13(8-16)11-29(26,27)25-14-3-4-15(25)10-17(9-14)28-2/h5-6,12-17H,3-4,7-11H2,1-2H3,(H,21,22,23)/t13-,14-,15+,16+,17-. The first kappa shape index (κ1) is 19.3. The molecule has 0 spiro atoms. The SMILES string of the molecule is CO[C@@H]1C[C@H]2CC[C@@H](C1)N2S(=O)(=O)C[C@H]1C[C@@H](N(C)c2ncnc3[nH]ccc23)C1. The minimum Gasteiger partial charge on any atom is -0.381 e. The second-order valence-corrected chi connectivity index (χ2v) is 10.8. The van der Waals surface area contributed by atoms with Gasteiger partial charge in [-0.1, -0.05) is 0 Å². The highest BCUT2D eigenvalue weighted by atomic mass is 32.2. The molecule has 0 amide bonds. The number of rotatable bonds is 6. The summed E-state index contributed by atoms with van der Waals surface area (Å²) in [6.07, 6.45) is 9.04. The number of aromatic amines is 1. The minimum absolute atomic E-state index is 0.130. The number of fused-ring (bicyclic) bond motifs is 3. The van der Waals surface area contributed by atoms with Crippen LogP contribution in [-0.2, 0) is 14.8 Å². The maximum Gasteiger partial charge on any atom is 0.214 e. The zero-order chi connectivity index (χ0) is 20.2. The number of piperidine rings is 1. The predicted octanol–water partition coefficient (Wildman–Crippen LogP) is 2.14. The van der Waals surface area contributed by atoms with Crippen molar-refractivity contribution in [3.05, 3.63) is 18.6 Å². The van der Waals surface area contributed by atoms with Crippen molar-refractivity contribution in [1.82, 2.24) is 19.3 Å². The number of hydrogen-bond donors (Lipinski definition) is 1. The van der Waals surface area contributed by atoms with Crippen molar-refractivity contribution in [1.29, 1.82) is 0 Å². The fourth-order valence-corrected chi connectivity index (χ4v) is 7.91. The predicted molar refractivity (Wildman–Crippen MR) is 111 cm³/mol. The molecule has 2 aromatic heterocycles. The monoisotopic (exact) mass is 419 g/mol. The van der Waals surface area contributed by atoms with Crippen LogP contribution in [0.15, 0.2) is 18.6 Å². The van der Waals surface area contributed by atoms with Crippen molar-refractivity contribution in [2.75, 3.05) is 24.8 Å². The molecular weight excluding hydrogens is 390 g/mol. The van der Waals surface area contributed by atoms with Gasteiger partial charge in [0, 0.05) is 38.5 Å². The summed E-state index contributed by atoms with van der Waals surface area (Å²) < 4.78 is 33.7. The lowest BCUT2D eigenvalue weighted by Crippen LogP contribution is -2.52. The van der Waals surface area contributed by atoms with Crippen molar-refractivity contribution in [2.45, 2.75) is 62.8 Å². The van der Waals surface area contributed by atoms with E-state index in [9.17, 15) is 8.42 Å². The van der Waals surface area contributed by atoms with E-state index >= 15 is 0 Å². The molecular formula is C20H29N5O3S. The second-order valence-electron chi connectivity index (χ2n) is 8.86. The number of hydrogen-bond acceptors (Lipinski definition) is 6. The van der Waals surface area contributed by atoms with Crippen molar-refractivity contribution in [2.24, 2.45) is 5.92 Å². The average Bonchev–Trinajstić information content (AvgIpc) is 3.26. The molecule has 2 aromatic rings. The molecule has 3 fully saturated rings. The molecule has 158 valence electrons. The van der Waals surface area contributed by atoms with Gasteiger partial charge in [-0.2, -0.15) is 4.31 Å². The van der Waals surface area contributed by atoms with Crippen LogP contribution in [0, 0.1) is 5.92 Å². The van der Waals surface area contributed by atoms with Gasteiger partial charge in [0.05, 0.1) is 17.2 Å². The summed E-state index contributed by atoms with van der Waals surface area (Å²) in [5, 5.41) is 1.00. The topological polar surface area (TPSA) is 91.4 Å². The number of anilines is 1. The molecule has 1 N–H and O–H groups in total. The van der Waals surface area contributed by atoms with Crippen LogP contribution < -0.4 is 4.90 Å². The third kappa shape index (κ3) is 3.33. The smallest absolute Gasteiger partial charge is 0.214 e. The Morgan fingerprint density at radius 2 is 1.93 bits per heavy atom. The maximum absolute atomic E-state index is 13.2. The van der Waals surface area contributed by atoms with Gasteiger partial charge in [-0.05, 0) is 50.5 Å². The molecule has 0 unspecified atom stereocenters. The molecule has 1 saturated carbocycles. The summed E-state index contributed by atoms with van der Waals surface area (Å²) in [4.78, 5) is 14.0. The Balaban J connectivity index is 1.22. The summed E-state index contributed by atoms with van der Waals surface area (Å²) in [7, 11) is 0.554. The number of sulfonamides is 1. The molecule has 8 nitrogen and oxygen atoms in total. The van der Waals surface area contributed by atoms with Crippen molar-refractivity contribution >= 4 is 26.9 Å². The van der Waals surface area contributed by atoms with Gasteiger partial charge in [0.1, 0.15) is 17.8 Å². The van der Waals surface area contributed by atoms with Crippen LogP contribution in [0.25, 0.3) is 11.0 Å². The molecule has 0 radical (unpaired) electrons. The Hall–Kier alpha value is -1.71. The van der Waals surface area contributed by atoms with Crippen LogP contribution in [0.3, 0.4) is 0 Å². The van der Waals surface area contributed by atoms with Gasteiger partial charge < -0.3 is 14.6 Å². The van der Waals surface area contributed by atoms with E-state index in [1.165, 1.54) is 0 Å². The maximum atomic E-state index is 13.2. The first-order valence-corrected chi connectivity index (χ1v) is 12.1. The number of ether oxygens (including phenoxy) is 1. The van der Waals surface area contributed by atoms with E-state index in [4.69, 9.17) is 4.74 Å². The molecule has 3 atom stereocenters. The van der Waals surface area contributed by atoms with Crippen LogP contribution in [0.2, 0.25) is 0 Å². The van der Waals surface area contributed by atoms with Gasteiger partial charge in [-0.15, -0.1) is 0 Å². The highest BCUT2D eigenvalue weighted by Gasteiger charge is 2.48. The number of H-pyrrole nitrogens is 1. The number of methoxy groups -OCH3 is 1. The van der Waals surface area contributed by atoms with Crippen molar-refractivity contribution < 1.29 is 13.2 Å². The summed E-state index contributed by atoms with van der Waals surface area (Å²) in [5.41, 5.74) is 0.829. The Bertz CT molecular complexity index is 973. The average molecular weight is 420 g/mol. The van der Waals surface area contributed by atoms with E-state index in [2.05, 4.69) is 19.9 Å². The Morgan fingerprint density at radius 3 is 2.62 bits per heavy atom. The lowest BCUT2D eigenvalue weighted by atomic mass is 9.81. The Morgan fingerprint density at radius 1 is 1.21 bits per heavy atom. The molecule has 0 aromatic carbocycles.